The van der Waals surface area contributed by atoms with Crippen molar-refractivity contribution in [2.24, 2.45) is 0 Å². The number of rotatable bonds is 0. The average molecular weight is 343 g/mol. The molecular weight excluding hydrogens is 338 g/mol. The maximum absolute atomic E-state index is 11.5. The van der Waals surface area contributed by atoms with Crippen LogP contribution < -0.4 is 5.63 Å². The van der Waals surface area contributed by atoms with E-state index in [0.717, 1.165) is 9.86 Å². The summed E-state index contributed by atoms with van der Waals surface area (Å²) in [5, 5.41) is 9.61. The van der Waals surface area contributed by atoms with E-state index in [1.54, 1.807) is 13.0 Å². The highest BCUT2D eigenvalue weighted by Gasteiger charge is 2.13. The van der Waals surface area contributed by atoms with Gasteiger partial charge in [-0.2, -0.15) is 5.26 Å². The van der Waals surface area contributed by atoms with E-state index < -0.39 is 5.63 Å². The van der Waals surface area contributed by atoms with Gasteiger partial charge in [0, 0.05) is 9.86 Å². The Morgan fingerprint density at radius 3 is 2.69 bits per heavy atom. The first-order valence-electron chi connectivity index (χ1n) is 4.37. The number of fused-ring (bicyclic) bond motifs is 1. The van der Waals surface area contributed by atoms with Crippen molar-refractivity contribution in [3.63, 3.8) is 0 Å². The summed E-state index contributed by atoms with van der Waals surface area (Å²) in [6.45, 7) is 1.73. The number of nitrogens with zero attached hydrogens (tertiary/aromatic N) is 1. The van der Waals surface area contributed by atoms with Crippen LogP contribution in [0, 0.1) is 18.3 Å². The standard InChI is InChI=1S/C11H5Br2NO2/c1-5-7-2-6(12)3-9(13)10(7)16-11(15)8(5)4-14/h2-3H,1H3. The summed E-state index contributed by atoms with van der Waals surface area (Å²) in [6.07, 6.45) is 0. The molecule has 80 valence electrons. The summed E-state index contributed by atoms with van der Waals surface area (Å²) in [7, 11) is 0. The van der Waals surface area contributed by atoms with Crippen LogP contribution in [0.4, 0.5) is 0 Å². The molecule has 0 aliphatic carbocycles. The highest BCUT2D eigenvalue weighted by Crippen LogP contribution is 2.30. The summed E-state index contributed by atoms with van der Waals surface area (Å²) in [4.78, 5) is 11.5. The zero-order valence-electron chi connectivity index (χ0n) is 8.17. The molecular formula is C11H5Br2NO2. The summed E-state index contributed by atoms with van der Waals surface area (Å²) in [5.74, 6) is 0. The van der Waals surface area contributed by atoms with Crippen LogP contribution in [0.3, 0.4) is 0 Å². The number of hydrogen-bond acceptors (Lipinski definition) is 3. The SMILES string of the molecule is Cc1c(C#N)c(=O)oc2c(Br)cc(Br)cc12. The lowest BCUT2D eigenvalue weighted by molar-refractivity contribution is 0.555. The molecule has 0 saturated heterocycles. The van der Waals surface area contributed by atoms with E-state index in [9.17, 15) is 4.79 Å². The van der Waals surface area contributed by atoms with Gasteiger partial charge in [-0.25, -0.2) is 4.79 Å². The van der Waals surface area contributed by atoms with Crippen LogP contribution in [0.2, 0.25) is 0 Å². The quantitative estimate of drug-likeness (QED) is 0.688. The Kier molecular flexibility index (Phi) is 2.87. The van der Waals surface area contributed by atoms with E-state index in [2.05, 4.69) is 31.9 Å². The first kappa shape index (κ1) is 11.4. The third-order valence-electron chi connectivity index (χ3n) is 2.30. The monoisotopic (exact) mass is 341 g/mol. The van der Waals surface area contributed by atoms with Gasteiger partial charge in [0.05, 0.1) is 4.47 Å². The van der Waals surface area contributed by atoms with Gasteiger partial charge < -0.3 is 4.42 Å². The third kappa shape index (κ3) is 1.68. The smallest absolute Gasteiger partial charge is 0.354 e. The second-order valence-corrected chi connectivity index (χ2v) is 5.04. The molecule has 0 N–H and O–H groups in total. The zero-order chi connectivity index (χ0) is 11.9. The molecule has 0 spiro atoms. The Labute approximate surface area is 108 Å². The number of halogens is 2. The van der Waals surface area contributed by atoms with Gasteiger partial charge in [-0.1, -0.05) is 15.9 Å². The fourth-order valence-corrected chi connectivity index (χ4v) is 2.81. The molecule has 0 radical (unpaired) electrons. The minimum Gasteiger partial charge on any atom is -0.421 e. The van der Waals surface area contributed by atoms with E-state index in [4.69, 9.17) is 9.68 Å². The van der Waals surface area contributed by atoms with Crippen LogP contribution in [0.1, 0.15) is 11.1 Å². The normalized spacial score (nSPS) is 10.4. The summed E-state index contributed by atoms with van der Waals surface area (Å²) in [5.41, 5.74) is 0.550. The van der Waals surface area contributed by atoms with Crippen LogP contribution in [0.25, 0.3) is 11.0 Å². The van der Waals surface area contributed by atoms with Crippen LogP contribution in [-0.2, 0) is 0 Å². The van der Waals surface area contributed by atoms with Crippen molar-refractivity contribution >= 4 is 42.8 Å². The van der Waals surface area contributed by atoms with Gasteiger partial charge in [0.1, 0.15) is 11.6 Å². The van der Waals surface area contributed by atoms with Gasteiger partial charge in [0.15, 0.2) is 5.58 Å². The van der Waals surface area contributed by atoms with Crippen molar-refractivity contribution in [2.45, 2.75) is 6.92 Å². The average Bonchev–Trinajstić information content (AvgIpc) is 2.21. The third-order valence-corrected chi connectivity index (χ3v) is 3.34. The van der Waals surface area contributed by atoms with E-state index in [0.29, 0.717) is 15.6 Å². The van der Waals surface area contributed by atoms with Crippen molar-refractivity contribution in [3.05, 3.63) is 42.6 Å². The predicted molar refractivity (Wildman–Crippen MR) is 67.3 cm³/mol. The van der Waals surface area contributed by atoms with Gasteiger partial charge in [-0.05, 0) is 40.5 Å². The Bertz CT molecular complexity index is 683. The molecule has 0 aliphatic heterocycles. The van der Waals surface area contributed by atoms with E-state index >= 15 is 0 Å². The first-order valence-corrected chi connectivity index (χ1v) is 5.95. The second kappa shape index (κ2) is 4.04. The molecule has 16 heavy (non-hydrogen) atoms. The number of hydrogen-bond donors (Lipinski definition) is 0. The molecule has 0 fully saturated rings. The number of benzene rings is 1. The molecule has 0 unspecified atom stereocenters. The summed E-state index contributed by atoms with van der Waals surface area (Å²) < 4.78 is 6.64. The summed E-state index contributed by atoms with van der Waals surface area (Å²) in [6, 6.07) is 5.46. The fraction of sp³-hybridized carbons (Fsp3) is 0.0909. The van der Waals surface area contributed by atoms with Gasteiger partial charge >= 0.3 is 5.63 Å². The molecule has 0 amide bonds. The number of aryl methyl sites for hydroxylation is 1. The molecule has 1 aromatic heterocycles. The Hall–Kier alpha value is -1.12. The fourth-order valence-electron chi connectivity index (χ4n) is 1.50. The van der Waals surface area contributed by atoms with Crippen LogP contribution in [0.5, 0.6) is 0 Å². The topological polar surface area (TPSA) is 54.0 Å². The molecule has 1 aromatic carbocycles. The van der Waals surface area contributed by atoms with Crippen LogP contribution >= 0.6 is 31.9 Å². The van der Waals surface area contributed by atoms with E-state index in [1.165, 1.54) is 0 Å². The zero-order valence-corrected chi connectivity index (χ0v) is 11.3. The second-order valence-electron chi connectivity index (χ2n) is 3.27. The maximum Gasteiger partial charge on any atom is 0.354 e. The molecule has 2 aromatic rings. The molecule has 2 rings (SSSR count). The van der Waals surface area contributed by atoms with Crippen molar-refractivity contribution in [1.29, 1.82) is 5.26 Å². The van der Waals surface area contributed by atoms with E-state index in [1.807, 2.05) is 12.1 Å². The molecule has 0 atom stereocenters. The maximum atomic E-state index is 11.5. The van der Waals surface area contributed by atoms with Crippen molar-refractivity contribution in [1.82, 2.24) is 0 Å². The van der Waals surface area contributed by atoms with Crippen LogP contribution in [0.15, 0.2) is 30.3 Å². The van der Waals surface area contributed by atoms with Crippen molar-refractivity contribution in [2.75, 3.05) is 0 Å². The largest absolute Gasteiger partial charge is 0.421 e. The predicted octanol–water partition coefficient (Wildman–Crippen LogP) is 3.50. The highest BCUT2D eigenvalue weighted by atomic mass is 79.9. The van der Waals surface area contributed by atoms with Gasteiger partial charge in [0.25, 0.3) is 0 Å². The van der Waals surface area contributed by atoms with Crippen LogP contribution in [-0.4, -0.2) is 0 Å². The minimum atomic E-state index is -0.601. The van der Waals surface area contributed by atoms with Gasteiger partial charge in [-0.3, -0.25) is 0 Å². The molecule has 0 saturated carbocycles. The molecule has 1 heterocycles. The molecule has 0 aliphatic rings. The van der Waals surface area contributed by atoms with Gasteiger partial charge in [-0.15, -0.1) is 0 Å². The Morgan fingerprint density at radius 2 is 2.06 bits per heavy atom. The lowest BCUT2D eigenvalue weighted by atomic mass is 10.1. The number of nitriles is 1. The molecule has 0 bridgehead atoms. The van der Waals surface area contributed by atoms with Crippen molar-refractivity contribution < 1.29 is 4.42 Å². The van der Waals surface area contributed by atoms with Crippen molar-refractivity contribution in [3.8, 4) is 6.07 Å². The van der Waals surface area contributed by atoms with Gasteiger partial charge in [0.2, 0.25) is 0 Å². The Morgan fingerprint density at radius 1 is 1.38 bits per heavy atom. The minimum absolute atomic E-state index is 0.0532. The lowest BCUT2D eigenvalue weighted by Gasteiger charge is -2.04. The first-order chi connectivity index (χ1) is 7.54. The highest BCUT2D eigenvalue weighted by molar-refractivity contribution is 9.11. The molecule has 5 heteroatoms. The van der Waals surface area contributed by atoms with E-state index in [-0.39, 0.29) is 5.56 Å². The Balaban J connectivity index is 3.06. The summed E-state index contributed by atoms with van der Waals surface area (Å²) >= 11 is 6.67. The lowest BCUT2D eigenvalue weighted by Crippen LogP contribution is -2.06. The molecule has 3 nitrogen and oxygen atoms in total.